The summed E-state index contributed by atoms with van der Waals surface area (Å²) in [6.07, 6.45) is 1.44. The molecule has 16 heavy (non-hydrogen) atoms. The van der Waals surface area contributed by atoms with Gasteiger partial charge in [0.05, 0.1) is 5.37 Å². The molecule has 0 aliphatic carbocycles. The Morgan fingerprint density at radius 3 is 1.38 bits per heavy atom. The minimum absolute atomic E-state index is 0.572. The molecular weight excluding hydrogens is 274 g/mol. The van der Waals surface area contributed by atoms with Crippen LogP contribution in [0.3, 0.4) is 0 Å². The molecular formula is C7H17NO5S3. The Kier molecular flexibility index (Phi) is 7.06. The highest BCUT2D eigenvalue weighted by Gasteiger charge is 2.33. The molecule has 0 rings (SSSR count). The van der Waals surface area contributed by atoms with Gasteiger partial charge in [-0.05, 0) is 20.8 Å². The Morgan fingerprint density at radius 2 is 1.19 bits per heavy atom. The highest BCUT2D eigenvalue weighted by atomic mass is 32.2. The van der Waals surface area contributed by atoms with Crippen molar-refractivity contribution in [2.24, 2.45) is 0 Å². The molecule has 0 fully saturated rings. The average molecular weight is 291 g/mol. The largest absolute Gasteiger partial charge is 0.305 e. The Balaban J connectivity index is 5.12. The molecule has 0 radical (unpaired) electrons. The van der Waals surface area contributed by atoms with Crippen LogP contribution in [-0.4, -0.2) is 49.0 Å². The Bertz CT molecular complexity index is 263. The monoisotopic (exact) mass is 291 g/mol. The lowest BCUT2D eigenvalue weighted by Gasteiger charge is -2.34. The first-order chi connectivity index (χ1) is 7.20. The molecule has 0 amide bonds. The van der Waals surface area contributed by atoms with Gasteiger partial charge in [-0.3, -0.25) is 9.11 Å². The van der Waals surface area contributed by atoms with Crippen LogP contribution in [0.4, 0.5) is 0 Å². The first kappa shape index (κ1) is 16.3. The molecule has 6 atom stereocenters. The van der Waals surface area contributed by atoms with E-state index in [2.05, 4.69) is 0 Å². The zero-order chi connectivity index (χ0) is 13.0. The van der Waals surface area contributed by atoms with Crippen LogP contribution in [0.2, 0.25) is 0 Å². The molecule has 9 heteroatoms. The van der Waals surface area contributed by atoms with Crippen molar-refractivity contribution in [1.29, 1.82) is 0 Å². The van der Waals surface area contributed by atoms with E-state index < -0.39 is 49.1 Å². The summed E-state index contributed by atoms with van der Waals surface area (Å²) < 4.78 is 51.3. The van der Waals surface area contributed by atoms with Crippen LogP contribution in [0.5, 0.6) is 0 Å². The van der Waals surface area contributed by atoms with Gasteiger partial charge in [-0.1, -0.05) is 0 Å². The van der Waals surface area contributed by atoms with E-state index in [9.17, 15) is 12.6 Å². The number of rotatable bonds is 6. The lowest BCUT2D eigenvalue weighted by molar-refractivity contribution is 0.228. The lowest BCUT2D eigenvalue weighted by atomic mass is 10.5. The van der Waals surface area contributed by atoms with Crippen LogP contribution in [0.25, 0.3) is 0 Å². The van der Waals surface area contributed by atoms with Crippen molar-refractivity contribution in [3.8, 4) is 0 Å². The summed E-state index contributed by atoms with van der Waals surface area (Å²) in [5.74, 6) is 0. The van der Waals surface area contributed by atoms with Gasteiger partial charge < -0.3 is 9.11 Å². The second-order valence-corrected chi connectivity index (χ2v) is 7.44. The Hall–Kier alpha value is 0.330. The second-order valence-electron chi connectivity index (χ2n) is 3.30. The second kappa shape index (κ2) is 6.92. The van der Waals surface area contributed by atoms with Crippen LogP contribution in [-0.2, 0) is 33.0 Å². The van der Waals surface area contributed by atoms with E-state index in [-0.39, 0.29) is 0 Å². The SMILES string of the molecule is CC(N(C(C)S(=O)O)C(C)S(=O)O)S(C)=O. The van der Waals surface area contributed by atoms with Gasteiger partial charge in [-0.15, -0.1) is 0 Å². The molecule has 0 saturated heterocycles. The Labute approximate surface area is 103 Å². The van der Waals surface area contributed by atoms with Crippen LogP contribution in [0.15, 0.2) is 0 Å². The summed E-state index contributed by atoms with van der Waals surface area (Å²) in [6, 6.07) is 0. The van der Waals surface area contributed by atoms with Gasteiger partial charge in [0.15, 0.2) is 22.2 Å². The molecule has 0 bridgehead atoms. The summed E-state index contributed by atoms with van der Waals surface area (Å²) in [6.45, 7) is 4.48. The zero-order valence-corrected chi connectivity index (χ0v) is 12.0. The van der Waals surface area contributed by atoms with E-state index >= 15 is 0 Å². The molecule has 0 aromatic heterocycles. The van der Waals surface area contributed by atoms with Crippen molar-refractivity contribution in [1.82, 2.24) is 4.90 Å². The predicted molar refractivity (Wildman–Crippen MR) is 65.8 cm³/mol. The van der Waals surface area contributed by atoms with E-state index in [1.165, 1.54) is 25.0 Å². The van der Waals surface area contributed by atoms with Crippen molar-refractivity contribution in [3.05, 3.63) is 0 Å². The van der Waals surface area contributed by atoms with Gasteiger partial charge in [0, 0.05) is 17.1 Å². The average Bonchev–Trinajstić information content (AvgIpc) is 2.16. The smallest absolute Gasteiger partial charge is 0.170 e. The van der Waals surface area contributed by atoms with Gasteiger partial charge in [0.1, 0.15) is 10.7 Å². The normalized spacial score (nSPS) is 23.4. The molecule has 0 saturated carbocycles. The molecule has 0 aromatic carbocycles. The molecule has 0 spiro atoms. The van der Waals surface area contributed by atoms with E-state index in [0.717, 1.165) is 0 Å². The van der Waals surface area contributed by atoms with Gasteiger partial charge >= 0.3 is 0 Å². The van der Waals surface area contributed by atoms with E-state index in [1.807, 2.05) is 0 Å². The number of hydrogen-bond donors (Lipinski definition) is 2. The third kappa shape index (κ3) is 4.30. The molecule has 6 unspecified atom stereocenters. The summed E-state index contributed by atoms with van der Waals surface area (Å²) in [4.78, 5) is 1.32. The fraction of sp³-hybridized carbons (Fsp3) is 1.00. The van der Waals surface area contributed by atoms with Crippen LogP contribution < -0.4 is 0 Å². The van der Waals surface area contributed by atoms with Crippen molar-refractivity contribution < 1.29 is 21.7 Å². The van der Waals surface area contributed by atoms with Crippen LogP contribution in [0.1, 0.15) is 20.8 Å². The minimum Gasteiger partial charge on any atom is -0.305 e. The zero-order valence-electron chi connectivity index (χ0n) is 9.52. The summed E-state index contributed by atoms with van der Waals surface area (Å²) in [5.41, 5.74) is 0. The Morgan fingerprint density at radius 1 is 0.875 bits per heavy atom. The standard InChI is InChI=1S/C7H17NO5S3/c1-5(14(4)9)8(6(2)15(10)11)7(3)16(12)13/h5-7H,1-4H3,(H,10,11)(H,12,13). The molecule has 0 heterocycles. The first-order valence-corrected chi connectivity index (χ1v) is 8.45. The van der Waals surface area contributed by atoms with Crippen molar-refractivity contribution in [2.45, 2.75) is 36.9 Å². The molecule has 0 aliphatic rings. The molecule has 0 aliphatic heterocycles. The van der Waals surface area contributed by atoms with E-state index in [0.29, 0.717) is 0 Å². The topological polar surface area (TPSA) is 94.9 Å². The molecule has 98 valence electrons. The number of hydrogen-bond acceptors (Lipinski definition) is 4. The maximum absolute atomic E-state index is 11.3. The predicted octanol–water partition coefficient (Wildman–Crippen LogP) is 0.148. The fourth-order valence-electron chi connectivity index (χ4n) is 1.27. The van der Waals surface area contributed by atoms with Crippen LogP contribution in [0, 0.1) is 0 Å². The summed E-state index contributed by atoms with van der Waals surface area (Å²) in [7, 11) is -1.28. The van der Waals surface area contributed by atoms with Gasteiger partial charge in [-0.25, -0.2) is 8.42 Å². The van der Waals surface area contributed by atoms with Gasteiger partial charge in [0.25, 0.3) is 0 Å². The summed E-state index contributed by atoms with van der Waals surface area (Å²) in [5, 5.41) is -2.29. The highest BCUT2D eigenvalue weighted by Crippen LogP contribution is 2.16. The van der Waals surface area contributed by atoms with E-state index in [1.54, 1.807) is 6.92 Å². The maximum atomic E-state index is 11.3. The molecule has 2 N–H and O–H groups in total. The van der Waals surface area contributed by atoms with E-state index in [4.69, 9.17) is 9.11 Å². The van der Waals surface area contributed by atoms with Crippen molar-refractivity contribution in [2.75, 3.05) is 6.26 Å². The molecule has 0 aromatic rings. The molecule has 6 nitrogen and oxygen atoms in total. The lowest BCUT2D eigenvalue weighted by Crippen LogP contribution is -2.50. The quantitative estimate of drug-likeness (QED) is 0.676. The maximum Gasteiger partial charge on any atom is 0.170 e. The third-order valence-corrected chi connectivity index (χ3v) is 5.18. The highest BCUT2D eigenvalue weighted by molar-refractivity contribution is 7.85. The fourth-order valence-corrected chi connectivity index (χ4v) is 3.35. The van der Waals surface area contributed by atoms with Gasteiger partial charge in [0.2, 0.25) is 0 Å². The first-order valence-electron chi connectivity index (χ1n) is 4.49. The van der Waals surface area contributed by atoms with Gasteiger partial charge in [-0.2, -0.15) is 0 Å². The van der Waals surface area contributed by atoms with Crippen molar-refractivity contribution in [3.63, 3.8) is 0 Å². The summed E-state index contributed by atoms with van der Waals surface area (Å²) >= 11 is -4.34. The third-order valence-electron chi connectivity index (χ3n) is 2.32. The minimum atomic E-state index is -2.17. The van der Waals surface area contributed by atoms with Crippen molar-refractivity contribution >= 4 is 33.0 Å². The van der Waals surface area contributed by atoms with Crippen LogP contribution >= 0.6 is 0 Å². The number of nitrogens with zero attached hydrogens (tertiary/aromatic N) is 1.